The average molecular weight is 223 g/mol. The van der Waals surface area contributed by atoms with Crippen molar-refractivity contribution in [1.29, 1.82) is 0 Å². The largest absolute Gasteiger partial charge is 0.299 e. The second-order valence-corrected chi connectivity index (χ2v) is 6.51. The molecular weight excluding hydrogens is 198 g/mol. The first-order valence-corrected chi connectivity index (χ1v) is 6.77. The summed E-state index contributed by atoms with van der Waals surface area (Å²) in [6.07, 6.45) is 6.09. The lowest BCUT2D eigenvalue weighted by molar-refractivity contribution is -0.134. The zero-order valence-electron chi connectivity index (χ0n) is 11.0. The van der Waals surface area contributed by atoms with Gasteiger partial charge in [-0.3, -0.25) is 9.69 Å². The minimum absolute atomic E-state index is 0.219. The van der Waals surface area contributed by atoms with Gasteiger partial charge in [-0.15, -0.1) is 0 Å². The standard InChI is InChI=1S/C14H25NO/c1-14(2,3)15-9-11-7-5-4-6-8-12(10-15)13(11)16/h11-12H,4-10H2,1-3H3. The molecule has 2 heteroatoms. The van der Waals surface area contributed by atoms with E-state index in [1.807, 2.05) is 0 Å². The van der Waals surface area contributed by atoms with Crippen molar-refractivity contribution in [2.24, 2.45) is 11.8 Å². The highest BCUT2D eigenvalue weighted by Gasteiger charge is 2.38. The van der Waals surface area contributed by atoms with E-state index in [4.69, 9.17) is 0 Å². The van der Waals surface area contributed by atoms with Crippen molar-refractivity contribution in [3.63, 3.8) is 0 Å². The maximum atomic E-state index is 12.2. The molecule has 2 rings (SSSR count). The van der Waals surface area contributed by atoms with Crippen LogP contribution in [-0.4, -0.2) is 29.3 Å². The van der Waals surface area contributed by atoms with E-state index in [2.05, 4.69) is 25.7 Å². The average Bonchev–Trinajstić information content (AvgIpc) is 2.20. The molecule has 2 fully saturated rings. The molecule has 0 amide bonds. The van der Waals surface area contributed by atoms with Crippen LogP contribution in [0.1, 0.15) is 52.9 Å². The summed E-state index contributed by atoms with van der Waals surface area (Å²) in [5, 5.41) is 0. The van der Waals surface area contributed by atoms with Crippen molar-refractivity contribution in [1.82, 2.24) is 4.90 Å². The minimum Gasteiger partial charge on any atom is -0.299 e. The molecule has 1 aliphatic heterocycles. The monoisotopic (exact) mass is 223 g/mol. The fraction of sp³-hybridized carbons (Fsp3) is 0.929. The first-order chi connectivity index (χ1) is 7.48. The Morgan fingerprint density at radius 1 is 1.00 bits per heavy atom. The molecule has 1 aliphatic carbocycles. The second-order valence-electron chi connectivity index (χ2n) is 6.51. The molecule has 16 heavy (non-hydrogen) atoms. The molecule has 2 atom stereocenters. The minimum atomic E-state index is 0.219. The Hall–Kier alpha value is -0.370. The SMILES string of the molecule is CC(C)(C)N1CC2CCCCCC(C1)C2=O. The highest BCUT2D eigenvalue weighted by molar-refractivity contribution is 5.84. The third-order valence-corrected chi connectivity index (χ3v) is 4.24. The summed E-state index contributed by atoms with van der Waals surface area (Å²) in [6.45, 7) is 8.80. The van der Waals surface area contributed by atoms with Gasteiger partial charge in [0.2, 0.25) is 0 Å². The molecule has 2 unspecified atom stereocenters. The highest BCUT2D eigenvalue weighted by atomic mass is 16.1. The third kappa shape index (κ3) is 2.48. The molecule has 0 aromatic rings. The van der Waals surface area contributed by atoms with Gasteiger partial charge in [-0.05, 0) is 33.6 Å². The van der Waals surface area contributed by atoms with Crippen LogP contribution < -0.4 is 0 Å². The van der Waals surface area contributed by atoms with Crippen LogP contribution in [0.4, 0.5) is 0 Å². The molecule has 0 spiro atoms. The number of nitrogens with zero attached hydrogens (tertiary/aromatic N) is 1. The van der Waals surface area contributed by atoms with Crippen molar-refractivity contribution in [3.8, 4) is 0 Å². The summed E-state index contributed by atoms with van der Waals surface area (Å²) in [7, 11) is 0. The number of fused-ring (bicyclic) bond motifs is 2. The van der Waals surface area contributed by atoms with E-state index in [-0.39, 0.29) is 5.54 Å². The predicted molar refractivity (Wildman–Crippen MR) is 66.4 cm³/mol. The Morgan fingerprint density at radius 2 is 1.50 bits per heavy atom. The Balaban J connectivity index is 2.12. The van der Waals surface area contributed by atoms with Gasteiger partial charge >= 0.3 is 0 Å². The lowest BCUT2D eigenvalue weighted by Crippen LogP contribution is -2.54. The summed E-state index contributed by atoms with van der Waals surface area (Å²) in [5.41, 5.74) is 0.219. The van der Waals surface area contributed by atoms with Crippen molar-refractivity contribution < 1.29 is 4.79 Å². The number of Topliss-reactive ketones (excluding diaryl/α,β-unsaturated/α-hetero) is 1. The van der Waals surface area contributed by atoms with Gasteiger partial charge in [-0.1, -0.05) is 19.3 Å². The Labute approximate surface area is 99.4 Å². The van der Waals surface area contributed by atoms with Crippen LogP contribution in [0.25, 0.3) is 0 Å². The molecule has 1 saturated carbocycles. The number of piperidine rings is 1. The molecule has 0 radical (unpaired) electrons. The first-order valence-electron chi connectivity index (χ1n) is 6.77. The summed E-state index contributed by atoms with van der Waals surface area (Å²) in [5.74, 6) is 1.23. The van der Waals surface area contributed by atoms with E-state index >= 15 is 0 Å². The quantitative estimate of drug-likeness (QED) is 0.629. The summed E-state index contributed by atoms with van der Waals surface area (Å²) in [4.78, 5) is 14.7. The van der Waals surface area contributed by atoms with Gasteiger partial charge in [0.1, 0.15) is 5.78 Å². The maximum Gasteiger partial charge on any atom is 0.141 e. The number of ketones is 1. The fourth-order valence-electron chi connectivity index (χ4n) is 3.09. The molecule has 92 valence electrons. The molecule has 0 N–H and O–H groups in total. The highest BCUT2D eigenvalue weighted by Crippen LogP contribution is 2.32. The molecule has 2 bridgehead atoms. The van der Waals surface area contributed by atoms with Crippen LogP contribution in [0.3, 0.4) is 0 Å². The number of hydrogen-bond acceptors (Lipinski definition) is 2. The summed E-state index contributed by atoms with van der Waals surface area (Å²) < 4.78 is 0. The van der Waals surface area contributed by atoms with Gasteiger partial charge < -0.3 is 0 Å². The zero-order valence-corrected chi connectivity index (χ0v) is 11.0. The lowest BCUT2D eigenvalue weighted by Gasteiger charge is -2.45. The Kier molecular flexibility index (Phi) is 3.39. The number of carbonyl (C=O) groups is 1. The number of carbonyl (C=O) groups excluding carboxylic acids is 1. The predicted octanol–water partition coefficient (Wildman–Crippen LogP) is 2.87. The fourth-order valence-corrected chi connectivity index (χ4v) is 3.09. The zero-order chi connectivity index (χ0) is 11.8. The first kappa shape index (κ1) is 12.1. The molecule has 1 heterocycles. The van der Waals surface area contributed by atoms with Crippen molar-refractivity contribution >= 4 is 5.78 Å². The van der Waals surface area contributed by atoms with Crippen molar-refractivity contribution in [3.05, 3.63) is 0 Å². The van der Waals surface area contributed by atoms with Crippen LogP contribution in [0.2, 0.25) is 0 Å². The summed E-state index contributed by atoms with van der Waals surface area (Å²) in [6, 6.07) is 0. The van der Waals surface area contributed by atoms with Gasteiger partial charge in [0.05, 0.1) is 0 Å². The van der Waals surface area contributed by atoms with Gasteiger partial charge in [-0.2, -0.15) is 0 Å². The van der Waals surface area contributed by atoms with Crippen LogP contribution in [0, 0.1) is 11.8 Å². The summed E-state index contributed by atoms with van der Waals surface area (Å²) >= 11 is 0. The number of hydrogen-bond donors (Lipinski definition) is 0. The van der Waals surface area contributed by atoms with E-state index in [0.29, 0.717) is 17.6 Å². The van der Waals surface area contributed by atoms with Crippen LogP contribution in [0.15, 0.2) is 0 Å². The van der Waals surface area contributed by atoms with E-state index in [0.717, 1.165) is 25.9 Å². The molecule has 2 aliphatic rings. The van der Waals surface area contributed by atoms with Crippen LogP contribution >= 0.6 is 0 Å². The second kappa shape index (κ2) is 4.48. The van der Waals surface area contributed by atoms with Crippen LogP contribution in [-0.2, 0) is 4.79 Å². The van der Waals surface area contributed by atoms with E-state index in [1.165, 1.54) is 19.3 Å². The molecule has 1 saturated heterocycles. The van der Waals surface area contributed by atoms with Gasteiger partial charge in [0.25, 0.3) is 0 Å². The molecule has 0 aromatic carbocycles. The molecular formula is C14H25NO. The topological polar surface area (TPSA) is 20.3 Å². The van der Waals surface area contributed by atoms with Gasteiger partial charge in [0, 0.05) is 30.5 Å². The maximum absolute atomic E-state index is 12.2. The van der Waals surface area contributed by atoms with Crippen LogP contribution in [0.5, 0.6) is 0 Å². The van der Waals surface area contributed by atoms with E-state index < -0.39 is 0 Å². The van der Waals surface area contributed by atoms with Gasteiger partial charge in [0.15, 0.2) is 0 Å². The number of likely N-dealkylation sites (tertiary alicyclic amines) is 1. The van der Waals surface area contributed by atoms with E-state index in [9.17, 15) is 4.79 Å². The third-order valence-electron chi connectivity index (χ3n) is 4.24. The molecule has 0 aromatic heterocycles. The van der Waals surface area contributed by atoms with Crippen molar-refractivity contribution in [2.75, 3.05) is 13.1 Å². The van der Waals surface area contributed by atoms with Gasteiger partial charge in [-0.25, -0.2) is 0 Å². The Bertz CT molecular complexity index is 248. The molecule has 2 nitrogen and oxygen atoms in total. The smallest absolute Gasteiger partial charge is 0.141 e. The normalized spacial score (nSPS) is 33.3. The lowest BCUT2D eigenvalue weighted by atomic mass is 9.78. The number of rotatable bonds is 0. The van der Waals surface area contributed by atoms with E-state index in [1.54, 1.807) is 0 Å². The Morgan fingerprint density at radius 3 is 1.94 bits per heavy atom. The van der Waals surface area contributed by atoms with Crippen molar-refractivity contribution in [2.45, 2.75) is 58.4 Å².